The van der Waals surface area contributed by atoms with Gasteiger partial charge >= 0.3 is 0 Å². The zero-order valence-corrected chi connectivity index (χ0v) is 24.6. The highest BCUT2D eigenvalue weighted by Gasteiger charge is 2.18. The Kier molecular flexibility index (Phi) is 7.90. The maximum absolute atomic E-state index is 14.1. The molecule has 0 amide bonds. The van der Waals surface area contributed by atoms with Gasteiger partial charge in [0.2, 0.25) is 5.95 Å². The quantitative estimate of drug-likeness (QED) is 0.185. The molecular weight excluding hydrogens is 554 g/mol. The fraction of sp³-hybridized carbons (Fsp3) is 0.235. The number of rotatable bonds is 8. The number of nitrogens with zero attached hydrogens (tertiary/aromatic N) is 4. The maximum Gasteiger partial charge on any atom is 0.276 e. The van der Waals surface area contributed by atoms with Crippen LogP contribution in [0.5, 0.6) is 0 Å². The molecule has 1 atom stereocenters. The SMILES string of the molecule is O=c1c(Nc2cccnc2)cc2cnc(Nc3ccc(C4CNCCS4)cc3)nc2n1Cc1ccccc1C1=CCCC1. The average Bonchev–Trinajstić information content (AvgIpc) is 3.60. The molecule has 4 heterocycles. The van der Waals surface area contributed by atoms with Gasteiger partial charge < -0.3 is 16.0 Å². The number of benzene rings is 2. The molecule has 216 valence electrons. The molecule has 3 aromatic heterocycles. The van der Waals surface area contributed by atoms with E-state index in [4.69, 9.17) is 4.98 Å². The number of fused-ring (bicyclic) bond motifs is 1. The highest BCUT2D eigenvalue weighted by Crippen LogP contribution is 2.32. The van der Waals surface area contributed by atoms with E-state index in [2.05, 4.69) is 74.5 Å². The van der Waals surface area contributed by atoms with Gasteiger partial charge in [-0.2, -0.15) is 16.7 Å². The van der Waals surface area contributed by atoms with Crippen LogP contribution in [0.4, 0.5) is 23.0 Å². The fourth-order valence-corrected chi connectivity index (χ4v) is 6.93. The summed E-state index contributed by atoms with van der Waals surface area (Å²) in [7, 11) is 0. The van der Waals surface area contributed by atoms with Crippen molar-refractivity contribution in [1.29, 1.82) is 0 Å². The van der Waals surface area contributed by atoms with Gasteiger partial charge in [0, 0.05) is 47.6 Å². The number of hydrogen-bond acceptors (Lipinski definition) is 8. The van der Waals surface area contributed by atoms with E-state index in [-0.39, 0.29) is 5.56 Å². The van der Waals surface area contributed by atoms with Crippen LogP contribution >= 0.6 is 11.8 Å². The van der Waals surface area contributed by atoms with Gasteiger partial charge in [-0.15, -0.1) is 0 Å². The molecule has 7 rings (SSSR count). The van der Waals surface area contributed by atoms with Crippen LogP contribution in [0.25, 0.3) is 16.6 Å². The molecule has 0 saturated carbocycles. The second-order valence-corrected chi connectivity index (χ2v) is 12.2. The van der Waals surface area contributed by atoms with E-state index in [0.29, 0.717) is 29.1 Å². The Morgan fingerprint density at radius 3 is 2.70 bits per heavy atom. The van der Waals surface area contributed by atoms with Crippen LogP contribution in [0, 0.1) is 0 Å². The molecule has 1 fully saturated rings. The first-order valence-corrected chi connectivity index (χ1v) is 15.8. The van der Waals surface area contributed by atoms with Crippen molar-refractivity contribution < 1.29 is 0 Å². The van der Waals surface area contributed by atoms with E-state index in [1.54, 1.807) is 23.2 Å². The molecule has 0 radical (unpaired) electrons. The Morgan fingerprint density at radius 1 is 1.00 bits per heavy atom. The maximum atomic E-state index is 14.1. The van der Waals surface area contributed by atoms with Crippen LogP contribution in [0.3, 0.4) is 0 Å². The molecule has 1 aliphatic heterocycles. The summed E-state index contributed by atoms with van der Waals surface area (Å²) in [6.07, 6.45) is 10.8. The molecule has 1 aliphatic carbocycles. The lowest BCUT2D eigenvalue weighted by molar-refractivity contribution is 0.689. The van der Waals surface area contributed by atoms with Crippen LogP contribution in [-0.2, 0) is 6.54 Å². The van der Waals surface area contributed by atoms with Crippen molar-refractivity contribution in [3.63, 3.8) is 0 Å². The molecule has 0 spiro atoms. The van der Waals surface area contributed by atoms with Crippen molar-refractivity contribution in [3.05, 3.63) is 118 Å². The van der Waals surface area contributed by atoms with Gasteiger partial charge in [0.1, 0.15) is 11.3 Å². The van der Waals surface area contributed by atoms with Gasteiger partial charge in [0.05, 0.1) is 18.4 Å². The normalized spacial score (nSPS) is 16.7. The van der Waals surface area contributed by atoms with Crippen molar-refractivity contribution in [3.8, 4) is 0 Å². The van der Waals surface area contributed by atoms with E-state index in [9.17, 15) is 4.79 Å². The number of thioether (sulfide) groups is 1. The second-order valence-electron chi connectivity index (χ2n) is 10.9. The van der Waals surface area contributed by atoms with Crippen LogP contribution in [0.2, 0.25) is 0 Å². The number of aromatic nitrogens is 4. The van der Waals surface area contributed by atoms with E-state index in [1.165, 1.54) is 16.7 Å². The first-order chi connectivity index (χ1) is 21.2. The minimum atomic E-state index is -0.154. The highest BCUT2D eigenvalue weighted by molar-refractivity contribution is 7.99. The minimum absolute atomic E-state index is 0.154. The number of anilines is 4. The van der Waals surface area contributed by atoms with Crippen molar-refractivity contribution in [2.45, 2.75) is 31.1 Å². The summed E-state index contributed by atoms with van der Waals surface area (Å²) in [5, 5.41) is 11.3. The molecule has 5 aromatic rings. The Hall–Kier alpha value is -4.47. The summed E-state index contributed by atoms with van der Waals surface area (Å²) >= 11 is 1.99. The van der Waals surface area contributed by atoms with Crippen molar-refractivity contribution in [2.75, 3.05) is 29.5 Å². The van der Waals surface area contributed by atoms with Crippen LogP contribution in [0.15, 0.2) is 96.2 Å². The topological polar surface area (TPSA) is 96.8 Å². The molecular formula is C34H33N7OS. The van der Waals surface area contributed by atoms with Gasteiger partial charge in [0.15, 0.2) is 0 Å². The summed E-state index contributed by atoms with van der Waals surface area (Å²) < 4.78 is 1.76. The molecule has 1 saturated heterocycles. The summed E-state index contributed by atoms with van der Waals surface area (Å²) in [5.74, 6) is 1.57. The third-order valence-corrected chi connectivity index (χ3v) is 9.25. The molecule has 1 unspecified atom stereocenters. The lowest BCUT2D eigenvalue weighted by Crippen LogP contribution is -2.28. The van der Waals surface area contributed by atoms with Crippen LogP contribution in [-0.4, -0.2) is 38.4 Å². The second kappa shape index (κ2) is 12.4. The third kappa shape index (κ3) is 6.04. The van der Waals surface area contributed by atoms with E-state index < -0.39 is 0 Å². The standard InChI is InChI=1S/C34H33N7OS/c42-33-30(38-28-9-5-15-35-20-28)18-26-19-37-34(39-27-13-11-24(12-14-27)31-21-36-16-17-43-31)40-32(26)41(33)22-25-8-3-4-10-29(25)23-6-1-2-7-23/h3-6,8-15,18-20,31,36,38H,1-2,7,16-17,21-22H2,(H,37,39,40). The largest absolute Gasteiger partial charge is 0.350 e. The Morgan fingerprint density at radius 2 is 1.91 bits per heavy atom. The smallest absolute Gasteiger partial charge is 0.276 e. The van der Waals surface area contributed by atoms with Gasteiger partial charge in [-0.25, -0.2) is 4.98 Å². The summed E-state index contributed by atoms with van der Waals surface area (Å²) in [6, 6.07) is 22.4. The van der Waals surface area contributed by atoms with Crippen molar-refractivity contribution in [1.82, 2.24) is 24.8 Å². The highest BCUT2D eigenvalue weighted by atomic mass is 32.2. The van der Waals surface area contributed by atoms with Gasteiger partial charge in [-0.3, -0.25) is 14.3 Å². The lowest BCUT2D eigenvalue weighted by Gasteiger charge is -2.22. The molecule has 43 heavy (non-hydrogen) atoms. The molecule has 2 aromatic carbocycles. The van der Waals surface area contributed by atoms with Gasteiger partial charge in [-0.05, 0) is 71.9 Å². The predicted octanol–water partition coefficient (Wildman–Crippen LogP) is 6.67. The summed E-state index contributed by atoms with van der Waals surface area (Å²) in [4.78, 5) is 27.8. The van der Waals surface area contributed by atoms with E-state index in [1.807, 2.05) is 36.0 Å². The molecule has 0 bridgehead atoms. The minimum Gasteiger partial charge on any atom is -0.350 e. The number of pyridine rings is 2. The lowest BCUT2D eigenvalue weighted by atomic mass is 9.99. The van der Waals surface area contributed by atoms with Gasteiger partial charge in [-0.1, -0.05) is 42.5 Å². The molecule has 8 nitrogen and oxygen atoms in total. The van der Waals surface area contributed by atoms with E-state index in [0.717, 1.165) is 60.4 Å². The number of nitrogens with one attached hydrogen (secondary N) is 3. The van der Waals surface area contributed by atoms with Crippen molar-refractivity contribution >= 4 is 51.4 Å². The summed E-state index contributed by atoms with van der Waals surface area (Å²) in [6.45, 7) is 2.44. The Labute approximate surface area is 254 Å². The summed E-state index contributed by atoms with van der Waals surface area (Å²) in [5.41, 5.74) is 7.47. The fourth-order valence-electron chi connectivity index (χ4n) is 5.79. The monoisotopic (exact) mass is 587 g/mol. The molecule has 2 aliphatic rings. The zero-order chi connectivity index (χ0) is 29.0. The molecule has 9 heteroatoms. The first-order valence-electron chi connectivity index (χ1n) is 14.8. The van der Waals surface area contributed by atoms with Gasteiger partial charge in [0.25, 0.3) is 5.56 Å². The predicted molar refractivity (Wildman–Crippen MR) is 176 cm³/mol. The van der Waals surface area contributed by atoms with Crippen LogP contribution < -0.4 is 21.5 Å². The third-order valence-electron chi connectivity index (χ3n) is 7.97. The molecule has 3 N–H and O–H groups in total. The number of hydrogen-bond donors (Lipinski definition) is 3. The van der Waals surface area contributed by atoms with E-state index >= 15 is 0 Å². The Balaban J connectivity index is 1.26. The Bertz CT molecular complexity index is 1830. The first kappa shape index (κ1) is 27.4. The van der Waals surface area contributed by atoms with Crippen molar-refractivity contribution in [2.24, 2.45) is 0 Å². The van der Waals surface area contributed by atoms with Crippen LogP contribution in [0.1, 0.15) is 41.2 Å². The average molecular weight is 588 g/mol. The zero-order valence-electron chi connectivity index (χ0n) is 23.8. The number of allylic oxidation sites excluding steroid dienone is 2.